The van der Waals surface area contributed by atoms with Crippen molar-refractivity contribution in [3.8, 4) is 0 Å². The number of carboxylic acid groups (broad SMARTS) is 1. The third-order valence-electron chi connectivity index (χ3n) is 3.99. The predicted molar refractivity (Wildman–Crippen MR) is 93.3 cm³/mol. The zero-order chi connectivity index (χ0) is 19.8. The number of carbonyl (C=O) groups is 3. The number of fused-ring (bicyclic) bond motifs is 1. The van der Waals surface area contributed by atoms with Crippen LogP contribution in [0.25, 0.3) is 0 Å². The fourth-order valence-electron chi connectivity index (χ4n) is 2.83. The van der Waals surface area contributed by atoms with Gasteiger partial charge in [-0.1, -0.05) is 13.8 Å². The normalized spacial score (nSPS) is 16.7. The van der Waals surface area contributed by atoms with Gasteiger partial charge in [-0.15, -0.1) is 0 Å². The summed E-state index contributed by atoms with van der Waals surface area (Å²) >= 11 is 0. The van der Waals surface area contributed by atoms with Gasteiger partial charge in [-0.25, -0.2) is 17.5 Å². The number of hydrogen-bond donors (Lipinski definition) is 2. The molecule has 0 fully saturated rings. The molecule has 0 bridgehead atoms. The first kappa shape index (κ1) is 19.9. The van der Waals surface area contributed by atoms with E-state index in [1.54, 1.807) is 13.8 Å². The van der Waals surface area contributed by atoms with Crippen LogP contribution in [0.5, 0.6) is 0 Å². The Kier molecular flexibility index (Phi) is 5.41. The number of rotatable bonds is 6. The van der Waals surface area contributed by atoms with Crippen LogP contribution in [-0.4, -0.2) is 47.7 Å². The number of nitrogens with one attached hydrogen (secondary N) is 1. The van der Waals surface area contributed by atoms with E-state index < -0.39 is 39.9 Å². The van der Waals surface area contributed by atoms with Gasteiger partial charge in [-0.2, -0.15) is 0 Å². The molecule has 0 aromatic heterocycles. The van der Waals surface area contributed by atoms with E-state index in [-0.39, 0.29) is 28.4 Å². The fraction of sp³-hybridized carbons (Fsp3) is 0.471. The number of benzene rings is 1. The summed E-state index contributed by atoms with van der Waals surface area (Å²) in [6.45, 7) is 6.82. The summed E-state index contributed by atoms with van der Waals surface area (Å²) in [6.07, 6.45) is 0.240. The Hall–Kier alpha value is -2.42. The van der Waals surface area contributed by atoms with Crippen LogP contribution in [0.4, 0.5) is 0 Å². The Morgan fingerprint density at radius 3 is 2.31 bits per heavy atom. The molecule has 0 saturated carbocycles. The lowest BCUT2D eigenvalue weighted by Gasteiger charge is -2.19. The van der Waals surface area contributed by atoms with Gasteiger partial charge < -0.3 is 10.4 Å². The van der Waals surface area contributed by atoms with Gasteiger partial charge in [0.1, 0.15) is 10.9 Å². The fourth-order valence-corrected chi connectivity index (χ4v) is 4.63. The second kappa shape index (κ2) is 7.06. The molecule has 1 aliphatic heterocycles. The van der Waals surface area contributed by atoms with Crippen LogP contribution in [0.1, 0.15) is 54.8 Å². The molecule has 26 heavy (non-hydrogen) atoms. The summed E-state index contributed by atoms with van der Waals surface area (Å²) in [5.74, 6) is -2.45. The summed E-state index contributed by atoms with van der Waals surface area (Å²) in [6, 6.07) is 2.08. The summed E-state index contributed by atoms with van der Waals surface area (Å²) in [7, 11) is -4.03. The van der Waals surface area contributed by atoms with Crippen LogP contribution in [0.2, 0.25) is 0 Å². The van der Waals surface area contributed by atoms with Crippen molar-refractivity contribution in [2.75, 3.05) is 0 Å². The van der Waals surface area contributed by atoms with Crippen molar-refractivity contribution in [2.24, 2.45) is 5.92 Å². The molecule has 142 valence electrons. The van der Waals surface area contributed by atoms with E-state index in [2.05, 4.69) is 5.32 Å². The molecule has 0 spiro atoms. The van der Waals surface area contributed by atoms with E-state index >= 15 is 0 Å². The van der Waals surface area contributed by atoms with Gasteiger partial charge >= 0.3 is 5.97 Å². The minimum Gasteiger partial charge on any atom is -0.480 e. The molecule has 0 unspecified atom stereocenters. The van der Waals surface area contributed by atoms with Crippen LogP contribution in [0.3, 0.4) is 0 Å². The Balaban J connectivity index is 2.36. The molecule has 2 rings (SSSR count). The Morgan fingerprint density at radius 1 is 1.19 bits per heavy atom. The molecule has 8 nitrogen and oxygen atoms in total. The molecule has 9 heteroatoms. The Bertz CT molecular complexity index is 860. The first-order valence-corrected chi connectivity index (χ1v) is 9.67. The lowest BCUT2D eigenvalue weighted by molar-refractivity contribution is -0.139. The zero-order valence-corrected chi connectivity index (χ0v) is 15.8. The topological polar surface area (TPSA) is 121 Å². The number of nitrogens with zero attached hydrogens (tertiary/aromatic N) is 1. The predicted octanol–water partition coefficient (Wildman–Crippen LogP) is 1.47. The molecule has 2 amide bonds. The molecule has 1 aliphatic rings. The van der Waals surface area contributed by atoms with E-state index in [0.717, 1.165) is 10.4 Å². The molecule has 1 atom stereocenters. The number of carboxylic acids is 1. The quantitative estimate of drug-likeness (QED) is 0.768. The highest BCUT2D eigenvalue weighted by Crippen LogP contribution is 2.32. The van der Waals surface area contributed by atoms with Gasteiger partial charge in [-0.05, 0) is 44.4 Å². The molecule has 1 aromatic carbocycles. The highest BCUT2D eigenvalue weighted by molar-refractivity contribution is 7.90. The maximum Gasteiger partial charge on any atom is 0.326 e. The minimum absolute atomic E-state index is 0.00668. The maximum atomic E-state index is 12.6. The lowest BCUT2D eigenvalue weighted by atomic mass is 10.0. The number of sulfonamides is 1. The SMILES string of the molecule is CC(C)C[C@@H](NC(=O)c1ccc2c(c1)S(=O)(=O)N(C(C)C)C2=O)C(=O)O. The molecular formula is C17H22N2O6S. The van der Waals surface area contributed by atoms with Crippen LogP contribution < -0.4 is 5.32 Å². The summed E-state index contributed by atoms with van der Waals surface area (Å²) in [4.78, 5) is 35.7. The van der Waals surface area contributed by atoms with Crippen LogP contribution in [0, 0.1) is 5.92 Å². The molecule has 0 radical (unpaired) electrons. The van der Waals surface area contributed by atoms with E-state index in [1.165, 1.54) is 12.1 Å². The van der Waals surface area contributed by atoms with Crippen molar-refractivity contribution < 1.29 is 27.9 Å². The summed E-state index contributed by atoms with van der Waals surface area (Å²) in [5.41, 5.74) is -0.00653. The third kappa shape index (κ3) is 3.57. The van der Waals surface area contributed by atoms with Crippen molar-refractivity contribution >= 4 is 27.8 Å². The van der Waals surface area contributed by atoms with E-state index in [0.29, 0.717) is 0 Å². The molecule has 0 saturated heterocycles. The highest BCUT2D eigenvalue weighted by atomic mass is 32.2. The zero-order valence-electron chi connectivity index (χ0n) is 15.0. The van der Waals surface area contributed by atoms with Gasteiger partial charge in [0.15, 0.2) is 0 Å². The lowest BCUT2D eigenvalue weighted by Crippen LogP contribution is -2.41. The Labute approximate surface area is 152 Å². The van der Waals surface area contributed by atoms with Crippen molar-refractivity contribution in [3.05, 3.63) is 29.3 Å². The largest absolute Gasteiger partial charge is 0.480 e. The second-order valence-electron chi connectivity index (χ2n) is 6.90. The van der Waals surface area contributed by atoms with Gasteiger partial charge in [0.2, 0.25) is 0 Å². The molecule has 2 N–H and O–H groups in total. The van der Waals surface area contributed by atoms with Gasteiger partial charge in [0, 0.05) is 11.6 Å². The second-order valence-corrected chi connectivity index (χ2v) is 8.69. The standard InChI is InChI=1S/C17H22N2O6S/c1-9(2)7-13(17(22)23)18-15(20)11-5-6-12-14(8-11)26(24,25)19(10(3)4)16(12)21/h5-6,8-10,13H,7H2,1-4H3,(H,18,20)(H,22,23)/t13-/m1/s1. The van der Waals surface area contributed by atoms with E-state index in [1.807, 2.05) is 13.8 Å². The van der Waals surface area contributed by atoms with E-state index in [4.69, 9.17) is 0 Å². The highest BCUT2D eigenvalue weighted by Gasteiger charge is 2.43. The summed E-state index contributed by atoms with van der Waals surface area (Å²) < 4.78 is 25.9. The van der Waals surface area contributed by atoms with Crippen molar-refractivity contribution in [2.45, 2.75) is 51.1 Å². The minimum atomic E-state index is -4.03. The first-order valence-electron chi connectivity index (χ1n) is 8.23. The van der Waals surface area contributed by atoms with Crippen LogP contribution >= 0.6 is 0 Å². The van der Waals surface area contributed by atoms with Crippen LogP contribution in [-0.2, 0) is 14.8 Å². The molecule has 1 aromatic rings. The first-order chi connectivity index (χ1) is 12.0. The van der Waals surface area contributed by atoms with E-state index in [9.17, 15) is 27.9 Å². The Morgan fingerprint density at radius 2 is 1.81 bits per heavy atom. The number of amides is 2. The maximum absolute atomic E-state index is 12.6. The molecular weight excluding hydrogens is 360 g/mol. The van der Waals surface area contributed by atoms with Crippen LogP contribution in [0.15, 0.2) is 23.1 Å². The van der Waals surface area contributed by atoms with Gasteiger partial charge in [-0.3, -0.25) is 9.59 Å². The molecule has 1 heterocycles. The summed E-state index contributed by atoms with van der Waals surface area (Å²) in [5, 5.41) is 11.6. The average Bonchev–Trinajstić information content (AvgIpc) is 2.72. The van der Waals surface area contributed by atoms with Crippen molar-refractivity contribution in [1.82, 2.24) is 9.62 Å². The monoisotopic (exact) mass is 382 g/mol. The average molecular weight is 382 g/mol. The number of hydrogen-bond acceptors (Lipinski definition) is 5. The smallest absolute Gasteiger partial charge is 0.326 e. The van der Waals surface area contributed by atoms with Crippen molar-refractivity contribution in [3.63, 3.8) is 0 Å². The third-order valence-corrected chi connectivity index (χ3v) is 5.99. The number of aliphatic carboxylic acids is 1. The molecule has 0 aliphatic carbocycles. The van der Waals surface area contributed by atoms with Gasteiger partial charge in [0.05, 0.1) is 5.56 Å². The van der Waals surface area contributed by atoms with Gasteiger partial charge in [0.25, 0.3) is 21.8 Å². The number of carbonyl (C=O) groups excluding carboxylic acids is 2. The van der Waals surface area contributed by atoms with Crippen molar-refractivity contribution in [1.29, 1.82) is 0 Å².